The first kappa shape index (κ1) is 14.4. The molecule has 1 N–H and O–H groups in total. The summed E-state index contributed by atoms with van der Waals surface area (Å²) in [5.74, 6) is -0.885. The summed E-state index contributed by atoms with van der Waals surface area (Å²) in [6, 6.07) is 0. The highest BCUT2D eigenvalue weighted by molar-refractivity contribution is 5.99. The summed E-state index contributed by atoms with van der Waals surface area (Å²) < 4.78 is 4.92. The van der Waals surface area contributed by atoms with Crippen molar-refractivity contribution in [3.05, 3.63) is 11.6 Å². The average Bonchev–Trinajstić information content (AvgIpc) is 3.05. The van der Waals surface area contributed by atoms with Crippen LogP contribution >= 0.6 is 0 Å². The highest BCUT2D eigenvalue weighted by Gasteiger charge is 2.83. The van der Waals surface area contributed by atoms with Crippen LogP contribution in [0.3, 0.4) is 0 Å². The van der Waals surface area contributed by atoms with E-state index in [0.717, 1.165) is 0 Å². The number of esters is 1. The molecule has 0 radical (unpaired) electrons. The zero-order chi connectivity index (χ0) is 15.7. The first-order valence-electron chi connectivity index (χ1n) is 7.17. The van der Waals surface area contributed by atoms with Crippen molar-refractivity contribution in [2.24, 2.45) is 22.2 Å². The molecule has 0 aromatic rings. The van der Waals surface area contributed by atoms with Crippen molar-refractivity contribution < 1.29 is 24.2 Å². The van der Waals surface area contributed by atoms with Gasteiger partial charge in [0.2, 0.25) is 0 Å². The van der Waals surface area contributed by atoms with Crippen LogP contribution in [-0.2, 0) is 19.1 Å². The molecule has 0 aromatic carbocycles. The number of carbonyl (C=O) groups is 3. The smallest absolute Gasteiger partial charge is 0.313 e. The predicted molar refractivity (Wildman–Crippen MR) is 73.2 cm³/mol. The molecule has 0 unspecified atom stereocenters. The van der Waals surface area contributed by atoms with Gasteiger partial charge in [0, 0.05) is 11.5 Å². The second-order valence-corrected chi connectivity index (χ2v) is 7.54. The molecule has 3 aliphatic rings. The normalized spacial score (nSPS) is 45.9. The van der Waals surface area contributed by atoms with E-state index < -0.39 is 22.4 Å². The second kappa shape index (κ2) is 3.83. The molecule has 0 saturated heterocycles. The van der Waals surface area contributed by atoms with Gasteiger partial charge in [0.15, 0.2) is 0 Å². The zero-order valence-corrected chi connectivity index (χ0v) is 12.5. The van der Waals surface area contributed by atoms with Crippen LogP contribution < -0.4 is 0 Å². The summed E-state index contributed by atoms with van der Waals surface area (Å²) in [4.78, 5) is 35.5. The number of rotatable bonds is 3. The molecule has 5 nitrogen and oxygen atoms in total. The first-order valence-corrected chi connectivity index (χ1v) is 7.17. The number of hydrogen-bond acceptors (Lipinski definition) is 5. The van der Waals surface area contributed by atoms with Gasteiger partial charge in [-0.2, -0.15) is 0 Å². The second-order valence-electron chi connectivity index (χ2n) is 7.54. The lowest BCUT2D eigenvalue weighted by molar-refractivity contribution is -0.156. The van der Waals surface area contributed by atoms with Gasteiger partial charge in [0.05, 0.1) is 23.5 Å². The van der Waals surface area contributed by atoms with Crippen LogP contribution in [0.15, 0.2) is 11.6 Å². The molecule has 0 bridgehead atoms. The standard InChI is InChI=1S/C16H20O5/c1-13(2)5-11-15(20,7-13)4-10(6-17)14(9-18)8-16(11,14)12(19)21-3/h4,6,9,11,20H,5,7-8H2,1-3H3/t11-,14+,15-,16+/m0/s1. The lowest BCUT2D eigenvalue weighted by Gasteiger charge is -2.39. The molecule has 0 spiro atoms. The molecule has 3 rings (SSSR count). The van der Waals surface area contributed by atoms with Crippen molar-refractivity contribution in [2.75, 3.05) is 7.11 Å². The molecule has 5 heteroatoms. The number of methoxy groups -OCH3 is 1. The lowest BCUT2D eigenvalue weighted by Crippen LogP contribution is -2.48. The van der Waals surface area contributed by atoms with Crippen molar-refractivity contribution in [1.82, 2.24) is 0 Å². The Labute approximate surface area is 123 Å². The molecular weight excluding hydrogens is 272 g/mol. The minimum atomic E-state index is -1.23. The van der Waals surface area contributed by atoms with Crippen molar-refractivity contribution in [2.45, 2.75) is 38.7 Å². The van der Waals surface area contributed by atoms with Crippen LogP contribution in [0, 0.1) is 22.2 Å². The van der Waals surface area contributed by atoms with E-state index in [-0.39, 0.29) is 23.3 Å². The van der Waals surface area contributed by atoms with Gasteiger partial charge in [-0.15, -0.1) is 0 Å². The molecule has 2 saturated carbocycles. The Kier molecular flexibility index (Phi) is 2.63. The Morgan fingerprint density at radius 1 is 1.38 bits per heavy atom. The fraction of sp³-hybridized carbons (Fsp3) is 0.688. The van der Waals surface area contributed by atoms with Crippen LogP contribution in [0.2, 0.25) is 0 Å². The minimum Gasteiger partial charge on any atom is -0.469 e. The molecule has 114 valence electrons. The minimum absolute atomic E-state index is 0.160. The van der Waals surface area contributed by atoms with Crippen LogP contribution in [-0.4, -0.2) is 36.4 Å². The maximum Gasteiger partial charge on any atom is 0.313 e. The van der Waals surface area contributed by atoms with E-state index in [2.05, 4.69) is 0 Å². The monoisotopic (exact) mass is 292 g/mol. The van der Waals surface area contributed by atoms with Gasteiger partial charge in [-0.25, -0.2) is 0 Å². The number of aldehydes is 2. The number of aliphatic hydroxyl groups is 1. The van der Waals surface area contributed by atoms with E-state index in [0.29, 0.717) is 25.4 Å². The third-order valence-corrected chi connectivity index (χ3v) is 5.74. The van der Waals surface area contributed by atoms with Gasteiger partial charge >= 0.3 is 5.97 Å². The topological polar surface area (TPSA) is 80.7 Å². The van der Waals surface area contributed by atoms with Crippen LogP contribution in [0.25, 0.3) is 0 Å². The molecule has 4 atom stereocenters. The quantitative estimate of drug-likeness (QED) is 0.621. The fourth-order valence-electron chi connectivity index (χ4n) is 4.96. The Hall–Kier alpha value is -1.49. The van der Waals surface area contributed by atoms with Crippen molar-refractivity contribution in [1.29, 1.82) is 0 Å². The van der Waals surface area contributed by atoms with Crippen LogP contribution in [0.1, 0.15) is 33.1 Å². The van der Waals surface area contributed by atoms with Gasteiger partial charge in [-0.3, -0.25) is 9.59 Å². The molecule has 0 amide bonds. The van der Waals surface area contributed by atoms with E-state index in [4.69, 9.17) is 4.74 Å². The summed E-state index contributed by atoms with van der Waals surface area (Å²) in [7, 11) is 1.28. The van der Waals surface area contributed by atoms with Gasteiger partial charge in [-0.1, -0.05) is 13.8 Å². The molecule has 2 fully saturated rings. The highest BCUT2D eigenvalue weighted by atomic mass is 16.5. The Morgan fingerprint density at radius 2 is 2.05 bits per heavy atom. The molecule has 0 heterocycles. The van der Waals surface area contributed by atoms with Crippen molar-refractivity contribution >= 4 is 18.5 Å². The first-order chi connectivity index (χ1) is 9.71. The number of hydrogen-bond donors (Lipinski definition) is 1. The van der Waals surface area contributed by atoms with E-state index >= 15 is 0 Å². The SMILES string of the molecule is COC(=O)[C@]12C[C@@]1(C=O)C(C=O)=C[C@]1(O)CC(C)(C)C[C@H]21. The summed E-state index contributed by atoms with van der Waals surface area (Å²) in [5, 5.41) is 11.0. The maximum absolute atomic E-state index is 12.4. The average molecular weight is 292 g/mol. The molecule has 21 heavy (non-hydrogen) atoms. The third-order valence-electron chi connectivity index (χ3n) is 5.74. The highest BCUT2D eigenvalue weighted by Crippen LogP contribution is 2.78. The fourth-order valence-corrected chi connectivity index (χ4v) is 4.96. The van der Waals surface area contributed by atoms with E-state index in [1.165, 1.54) is 13.2 Å². The van der Waals surface area contributed by atoms with Gasteiger partial charge in [0.1, 0.15) is 12.6 Å². The van der Waals surface area contributed by atoms with E-state index in [1.807, 2.05) is 13.8 Å². The van der Waals surface area contributed by atoms with Crippen LogP contribution in [0.4, 0.5) is 0 Å². The summed E-state index contributed by atoms with van der Waals surface area (Å²) in [5.41, 5.74) is -3.36. The number of ether oxygens (including phenoxy) is 1. The Bertz CT molecular complexity index is 577. The Morgan fingerprint density at radius 3 is 2.57 bits per heavy atom. The van der Waals surface area contributed by atoms with Crippen molar-refractivity contribution in [3.8, 4) is 0 Å². The molecular formula is C16H20O5. The number of allylic oxidation sites excluding steroid dienone is 1. The van der Waals surface area contributed by atoms with Crippen molar-refractivity contribution in [3.63, 3.8) is 0 Å². The molecule has 0 aromatic heterocycles. The third kappa shape index (κ3) is 1.47. The Balaban J connectivity index is 2.21. The molecule has 3 aliphatic carbocycles. The zero-order valence-electron chi connectivity index (χ0n) is 12.5. The summed E-state index contributed by atoms with van der Waals surface area (Å²) in [6.07, 6.45) is 4.14. The van der Waals surface area contributed by atoms with Gasteiger partial charge in [0.25, 0.3) is 0 Å². The predicted octanol–water partition coefficient (Wildman–Crippen LogP) is 1.04. The van der Waals surface area contributed by atoms with E-state index in [1.54, 1.807) is 0 Å². The van der Waals surface area contributed by atoms with Gasteiger partial charge in [-0.05, 0) is 30.8 Å². The summed E-state index contributed by atoms with van der Waals surface area (Å²) >= 11 is 0. The van der Waals surface area contributed by atoms with E-state index in [9.17, 15) is 19.5 Å². The number of fused-ring (bicyclic) bond motifs is 3. The lowest BCUT2D eigenvalue weighted by atomic mass is 9.66. The van der Waals surface area contributed by atoms with Gasteiger partial charge < -0.3 is 14.6 Å². The number of carbonyl (C=O) groups excluding carboxylic acids is 3. The summed E-state index contributed by atoms with van der Waals surface area (Å²) in [6.45, 7) is 4.04. The molecule has 0 aliphatic heterocycles. The largest absolute Gasteiger partial charge is 0.469 e. The maximum atomic E-state index is 12.4. The van der Waals surface area contributed by atoms with Crippen LogP contribution in [0.5, 0.6) is 0 Å².